The van der Waals surface area contributed by atoms with Crippen molar-refractivity contribution in [3.05, 3.63) is 36.0 Å². The van der Waals surface area contributed by atoms with Gasteiger partial charge in [-0.25, -0.2) is 9.78 Å². The number of amides is 4. The third-order valence-corrected chi connectivity index (χ3v) is 9.01. The molecule has 2 aromatic rings. The summed E-state index contributed by atoms with van der Waals surface area (Å²) in [6.07, 6.45) is 0.834. The minimum Gasteiger partial charge on any atom is -0.483 e. The minimum absolute atomic E-state index is 0.0391. The number of nitrogens with zero attached hydrogens (tertiary/aromatic N) is 5. The Labute approximate surface area is 279 Å². The van der Waals surface area contributed by atoms with Crippen LogP contribution in [0, 0.1) is 0 Å². The van der Waals surface area contributed by atoms with Gasteiger partial charge in [0.05, 0.1) is 25.3 Å². The van der Waals surface area contributed by atoms with E-state index in [1.165, 1.54) is 15.9 Å². The van der Waals surface area contributed by atoms with Gasteiger partial charge in [0.25, 0.3) is 11.8 Å². The van der Waals surface area contributed by atoms with Crippen LogP contribution in [0.5, 0.6) is 5.75 Å². The number of aromatic nitrogens is 1. The molecular weight excluding hydrogens is 624 g/mol. The molecule has 1 aromatic heterocycles. The molecular formula is C33H44N6O9. The molecule has 4 amide bonds. The van der Waals surface area contributed by atoms with Crippen molar-refractivity contribution in [1.29, 1.82) is 0 Å². The van der Waals surface area contributed by atoms with E-state index in [1.54, 1.807) is 36.1 Å². The fourth-order valence-corrected chi connectivity index (χ4v) is 6.33. The second-order valence-corrected chi connectivity index (χ2v) is 12.0. The molecule has 3 aliphatic heterocycles. The topological polar surface area (TPSA) is 171 Å². The molecule has 2 N–H and O–H groups in total. The van der Waals surface area contributed by atoms with Crippen molar-refractivity contribution in [2.45, 2.75) is 44.7 Å². The highest BCUT2D eigenvalue weighted by Gasteiger charge is 2.32. The van der Waals surface area contributed by atoms with Gasteiger partial charge in [0.2, 0.25) is 5.91 Å². The number of aliphatic carboxylic acids is 1. The number of pyridine rings is 1. The van der Waals surface area contributed by atoms with E-state index >= 15 is 0 Å². The van der Waals surface area contributed by atoms with Crippen molar-refractivity contribution in [3.63, 3.8) is 0 Å². The summed E-state index contributed by atoms with van der Waals surface area (Å²) in [4.78, 5) is 75.4. The Bertz CT molecular complexity index is 1470. The van der Waals surface area contributed by atoms with Gasteiger partial charge in [0, 0.05) is 76.3 Å². The lowest BCUT2D eigenvalue weighted by Crippen LogP contribution is -2.56. The number of carboxylic acid groups (broad SMARTS) is 1. The van der Waals surface area contributed by atoms with Crippen LogP contribution in [0.4, 0.5) is 4.79 Å². The molecule has 15 nitrogen and oxygen atoms in total. The Kier molecular flexibility index (Phi) is 12.0. The Morgan fingerprint density at radius 1 is 0.958 bits per heavy atom. The van der Waals surface area contributed by atoms with E-state index < -0.39 is 29.9 Å². The van der Waals surface area contributed by atoms with Crippen molar-refractivity contribution < 1.29 is 43.3 Å². The maximum Gasteiger partial charge on any atom is 0.409 e. The first-order chi connectivity index (χ1) is 23.2. The average Bonchev–Trinajstić information content (AvgIpc) is 3.12. The molecule has 48 heavy (non-hydrogen) atoms. The van der Waals surface area contributed by atoms with Crippen LogP contribution in [0.25, 0.3) is 10.9 Å². The van der Waals surface area contributed by atoms with Crippen molar-refractivity contribution in [3.8, 4) is 5.75 Å². The number of likely N-dealkylation sites (tertiary alicyclic amines) is 1. The lowest BCUT2D eigenvalue weighted by atomic mass is 10.0. The van der Waals surface area contributed by atoms with Gasteiger partial charge in [-0.1, -0.05) is 12.1 Å². The zero-order valence-electron chi connectivity index (χ0n) is 27.3. The first-order valence-electron chi connectivity index (χ1n) is 16.6. The summed E-state index contributed by atoms with van der Waals surface area (Å²) >= 11 is 0. The van der Waals surface area contributed by atoms with Crippen LogP contribution in [-0.2, 0) is 23.9 Å². The molecule has 0 aliphatic carbocycles. The number of carboxylic acids is 1. The van der Waals surface area contributed by atoms with Crippen LogP contribution < -0.4 is 10.1 Å². The molecule has 15 heteroatoms. The van der Waals surface area contributed by atoms with Gasteiger partial charge in [0.1, 0.15) is 17.5 Å². The first-order valence-corrected chi connectivity index (χ1v) is 16.6. The normalized spacial score (nSPS) is 18.3. The number of ether oxygens (including phenoxy) is 3. The number of piperazine rings is 1. The summed E-state index contributed by atoms with van der Waals surface area (Å²) in [6.45, 7) is 7.24. The Balaban J connectivity index is 1.23. The summed E-state index contributed by atoms with van der Waals surface area (Å²) in [6, 6.07) is 7.80. The second kappa shape index (κ2) is 16.6. The van der Waals surface area contributed by atoms with E-state index in [1.807, 2.05) is 0 Å². The molecule has 3 aliphatic rings. The SMILES string of the molecule is CCOC(=O)N1CCN(C(=O)C(CCC(=O)O)NC(=O)c2cc(OCC(=O)N3CCC(N4CCOCC4)CC3)c3ccccc3n2)CC1. The van der Waals surface area contributed by atoms with Crippen molar-refractivity contribution in [2.75, 3.05) is 78.8 Å². The zero-order valence-corrected chi connectivity index (χ0v) is 27.3. The molecule has 1 unspecified atom stereocenters. The van der Waals surface area contributed by atoms with Gasteiger partial charge in [-0.15, -0.1) is 0 Å². The van der Waals surface area contributed by atoms with Gasteiger partial charge in [-0.2, -0.15) is 0 Å². The van der Waals surface area contributed by atoms with Crippen LogP contribution in [0.15, 0.2) is 30.3 Å². The maximum absolute atomic E-state index is 13.5. The van der Waals surface area contributed by atoms with Crippen LogP contribution in [0.3, 0.4) is 0 Å². The van der Waals surface area contributed by atoms with Crippen molar-refractivity contribution in [1.82, 2.24) is 29.9 Å². The van der Waals surface area contributed by atoms with Gasteiger partial charge >= 0.3 is 12.1 Å². The quantitative estimate of drug-likeness (QED) is 0.353. The highest BCUT2D eigenvalue weighted by Crippen LogP contribution is 2.26. The number of hydrogen-bond acceptors (Lipinski definition) is 10. The largest absolute Gasteiger partial charge is 0.483 e. The van der Waals surface area contributed by atoms with Crippen LogP contribution in [-0.4, -0.2) is 150 Å². The molecule has 3 fully saturated rings. The Morgan fingerprint density at radius 3 is 2.33 bits per heavy atom. The molecule has 0 bridgehead atoms. The number of nitrogens with one attached hydrogen (secondary N) is 1. The molecule has 0 saturated carbocycles. The molecule has 260 valence electrons. The van der Waals surface area contributed by atoms with Crippen molar-refractivity contribution in [2.24, 2.45) is 0 Å². The molecule has 0 spiro atoms. The summed E-state index contributed by atoms with van der Waals surface area (Å²) in [5, 5.41) is 12.6. The number of hydrogen-bond donors (Lipinski definition) is 2. The van der Waals surface area contributed by atoms with Gasteiger partial charge in [-0.05, 0) is 38.3 Å². The lowest BCUT2D eigenvalue weighted by Gasteiger charge is -2.40. The zero-order chi connectivity index (χ0) is 34.0. The van der Waals surface area contributed by atoms with E-state index in [0.29, 0.717) is 35.8 Å². The minimum atomic E-state index is -1.14. The van der Waals surface area contributed by atoms with Crippen LogP contribution in [0.2, 0.25) is 0 Å². The number of piperidine rings is 1. The number of morpholine rings is 1. The van der Waals surface area contributed by atoms with E-state index in [4.69, 9.17) is 14.2 Å². The average molecular weight is 669 g/mol. The van der Waals surface area contributed by atoms with E-state index in [-0.39, 0.29) is 63.8 Å². The highest BCUT2D eigenvalue weighted by molar-refractivity contribution is 5.99. The fourth-order valence-electron chi connectivity index (χ4n) is 6.33. The van der Waals surface area contributed by atoms with E-state index in [0.717, 1.165) is 39.1 Å². The summed E-state index contributed by atoms with van der Waals surface area (Å²) in [7, 11) is 0. The van der Waals surface area contributed by atoms with Crippen LogP contribution >= 0.6 is 0 Å². The molecule has 3 saturated heterocycles. The Morgan fingerprint density at radius 2 is 1.65 bits per heavy atom. The Hall–Kier alpha value is -4.50. The highest BCUT2D eigenvalue weighted by atomic mass is 16.6. The molecule has 5 rings (SSSR count). The van der Waals surface area contributed by atoms with E-state index in [2.05, 4.69) is 15.2 Å². The number of carbonyl (C=O) groups is 5. The molecule has 1 aromatic carbocycles. The maximum atomic E-state index is 13.5. The smallest absolute Gasteiger partial charge is 0.409 e. The standard InChI is InChI=1S/C33H44N6O9/c1-2-47-33(45)39-15-13-38(14-16-39)32(44)26(7-8-30(41)42)35-31(43)27-21-28(24-5-3-4-6-25(24)34-27)48-22-29(40)37-11-9-23(10-12-37)36-17-19-46-20-18-36/h3-6,21,23,26H,2,7-20,22H2,1H3,(H,35,43)(H,41,42). The fraction of sp³-hybridized carbons (Fsp3) is 0.576. The monoisotopic (exact) mass is 668 g/mol. The number of rotatable bonds is 11. The van der Waals surface area contributed by atoms with E-state index in [9.17, 15) is 29.1 Å². The van der Waals surface area contributed by atoms with Gasteiger partial charge in [0.15, 0.2) is 6.61 Å². The first kappa shape index (κ1) is 34.8. The predicted molar refractivity (Wildman–Crippen MR) is 173 cm³/mol. The number of carbonyl (C=O) groups excluding carboxylic acids is 4. The number of benzene rings is 1. The number of para-hydroxylation sites is 1. The third kappa shape index (κ3) is 8.89. The summed E-state index contributed by atoms with van der Waals surface area (Å²) in [5.74, 6) is -2.09. The molecule has 1 atom stereocenters. The third-order valence-electron chi connectivity index (χ3n) is 9.01. The van der Waals surface area contributed by atoms with Gasteiger partial charge < -0.3 is 39.3 Å². The van der Waals surface area contributed by atoms with Gasteiger partial charge in [-0.3, -0.25) is 24.1 Å². The van der Waals surface area contributed by atoms with Crippen LogP contribution in [0.1, 0.15) is 43.1 Å². The summed E-state index contributed by atoms with van der Waals surface area (Å²) < 4.78 is 16.5. The molecule has 4 heterocycles. The second-order valence-electron chi connectivity index (χ2n) is 12.0. The summed E-state index contributed by atoms with van der Waals surface area (Å²) in [5.41, 5.74) is 0.421. The molecule has 0 radical (unpaired) electrons. The number of fused-ring (bicyclic) bond motifs is 1. The predicted octanol–water partition coefficient (Wildman–Crippen LogP) is 1.20. The van der Waals surface area contributed by atoms with Crippen molar-refractivity contribution >= 4 is 40.7 Å². The lowest BCUT2D eigenvalue weighted by molar-refractivity contribution is -0.138.